The summed E-state index contributed by atoms with van der Waals surface area (Å²) in [6.07, 6.45) is 1.08. The molecule has 0 spiro atoms. The van der Waals surface area contributed by atoms with Gasteiger partial charge in [-0.3, -0.25) is 14.8 Å². The Balaban J connectivity index is 1.71. The summed E-state index contributed by atoms with van der Waals surface area (Å²) in [5.41, 5.74) is 2.35. The number of ether oxygens (including phenoxy) is 2. The minimum absolute atomic E-state index is 0.0152. The molecule has 1 amide bonds. The van der Waals surface area contributed by atoms with E-state index in [-0.39, 0.29) is 12.0 Å². The van der Waals surface area contributed by atoms with Gasteiger partial charge in [0.15, 0.2) is 16.6 Å². The van der Waals surface area contributed by atoms with Crippen molar-refractivity contribution in [2.24, 2.45) is 0 Å². The van der Waals surface area contributed by atoms with Crippen LogP contribution >= 0.6 is 11.3 Å². The molecule has 0 bridgehead atoms. The number of thiazole rings is 1. The highest BCUT2D eigenvalue weighted by atomic mass is 32.2. The van der Waals surface area contributed by atoms with Gasteiger partial charge in [-0.2, -0.15) is 0 Å². The number of amides is 1. The van der Waals surface area contributed by atoms with Gasteiger partial charge in [0.25, 0.3) is 5.91 Å². The summed E-state index contributed by atoms with van der Waals surface area (Å²) in [7, 11) is -1.81. The number of carbonyl (C=O) groups excluding carboxylic acids is 1. The van der Waals surface area contributed by atoms with Crippen molar-refractivity contribution in [1.82, 2.24) is 4.98 Å². The van der Waals surface area contributed by atoms with E-state index in [1.807, 2.05) is 19.2 Å². The number of rotatable bonds is 8. The standard InChI is InChI=1S/C21H23N3O5S2/c1-13(2)29-18-10-7-15(11-19(18)28-3)20(25)23-21-22-17(12-30-21)14-5-8-16(9-6-14)24-31(4,26)27/h5-13,24H,1-4H3,(H,22,23,25). The highest BCUT2D eigenvalue weighted by molar-refractivity contribution is 7.92. The molecule has 2 N–H and O–H groups in total. The Labute approximate surface area is 185 Å². The van der Waals surface area contributed by atoms with Crippen LogP contribution in [-0.4, -0.2) is 38.8 Å². The molecule has 0 saturated heterocycles. The molecule has 3 aromatic rings. The van der Waals surface area contributed by atoms with Gasteiger partial charge in [0.2, 0.25) is 10.0 Å². The third-order valence-electron chi connectivity index (χ3n) is 4.00. The van der Waals surface area contributed by atoms with Crippen LogP contribution in [0.3, 0.4) is 0 Å². The van der Waals surface area contributed by atoms with Gasteiger partial charge in [-0.25, -0.2) is 13.4 Å². The van der Waals surface area contributed by atoms with E-state index in [1.54, 1.807) is 42.5 Å². The van der Waals surface area contributed by atoms with Gasteiger partial charge in [0, 0.05) is 22.2 Å². The van der Waals surface area contributed by atoms with Crippen molar-refractivity contribution >= 4 is 38.1 Å². The molecule has 10 heteroatoms. The molecule has 0 aliphatic carbocycles. The molecule has 0 aliphatic heterocycles. The second kappa shape index (κ2) is 9.36. The number of hydrogen-bond donors (Lipinski definition) is 2. The molecule has 0 fully saturated rings. The maximum absolute atomic E-state index is 12.6. The normalized spacial score (nSPS) is 11.3. The number of sulfonamides is 1. The van der Waals surface area contributed by atoms with Gasteiger partial charge < -0.3 is 9.47 Å². The van der Waals surface area contributed by atoms with E-state index < -0.39 is 10.0 Å². The van der Waals surface area contributed by atoms with Crippen LogP contribution in [0.5, 0.6) is 11.5 Å². The fourth-order valence-electron chi connectivity index (χ4n) is 2.72. The third-order valence-corrected chi connectivity index (χ3v) is 5.36. The lowest BCUT2D eigenvalue weighted by Crippen LogP contribution is -2.12. The van der Waals surface area contributed by atoms with Gasteiger partial charge in [0.1, 0.15) is 0 Å². The van der Waals surface area contributed by atoms with E-state index >= 15 is 0 Å². The van der Waals surface area contributed by atoms with Crippen molar-refractivity contribution in [3.8, 4) is 22.8 Å². The molecule has 0 atom stereocenters. The number of anilines is 2. The fraction of sp³-hybridized carbons (Fsp3) is 0.238. The van der Waals surface area contributed by atoms with Crippen molar-refractivity contribution in [3.05, 3.63) is 53.4 Å². The van der Waals surface area contributed by atoms with Crippen LogP contribution < -0.4 is 19.5 Å². The molecule has 1 heterocycles. The second-order valence-electron chi connectivity index (χ2n) is 6.98. The summed E-state index contributed by atoms with van der Waals surface area (Å²) in [5, 5.41) is 5.04. The fourth-order valence-corrected chi connectivity index (χ4v) is 4.00. The monoisotopic (exact) mass is 461 g/mol. The summed E-state index contributed by atoms with van der Waals surface area (Å²) in [5.74, 6) is 0.728. The first-order valence-corrected chi connectivity index (χ1v) is 12.1. The van der Waals surface area contributed by atoms with E-state index in [0.29, 0.717) is 33.6 Å². The second-order valence-corrected chi connectivity index (χ2v) is 9.58. The quantitative estimate of drug-likeness (QED) is 0.520. The minimum Gasteiger partial charge on any atom is -0.493 e. The predicted octanol–water partition coefficient (Wildman–Crippen LogP) is 4.23. The average molecular weight is 462 g/mol. The van der Waals surface area contributed by atoms with Gasteiger partial charge >= 0.3 is 0 Å². The molecule has 2 aromatic carbocycles. The molecule has 0 radical (unpaired) electrons. The number of nitrogens with zero attached hydrogens (tertiary/aromatic N) is 1. The van der Waals surface area contributed by atoms with E-state index in [0.717, 1.165) is 11.8 Å². The van der Waals surface area contributed by atoms with Crippen LogP contribution in [0.2, 0.25) is 0 Å². The van der Waals surface area contributed by atoms with Crippen LogP contribution in [0.25, 0.3) is 11.3 Å². The largest absolute Gasteiger partial charge is 0.493 e. The Morgan fingerprint density at radius 1 is 1.10 bits per heavy atom. The number of hydrogen-bond acceptors (Lipinski definition) is 7. The summed E-state index contributed by atoms with van der Waals surface area (Å²) in [4.78, 5) is 17.1. The first-order valence-electron chi connectivity index (χ1n) is 9.34. The van der Waals surface area contributed by atoms with Crippen molar-refractivity contribution in [3.63, 3.8) is 0 Å². The van der Waals surface area contributed by atoms with Gasteiger partial charge in [0.05, 0.1) is 25.2 Å². The molecule has 0 aliphatic rings. The lowest BCUT2D eigenvalue weighted by atomic mass is 10.1. The van der Waals surface area contributed by atoms with Crippen LogP contribution in [0, 0.1) is 0 Å². The number of aromatic nitrogens is 1. The van der Waals surface area contributed by atoms with Crippen LogP contribution in [0.15, 0.2) is 47.8 Å². The van der Waals surface area contributed by atoms with Crippen molar-refractivity contribution in [1.29, 1.82) is 0 Å². The zero-order valence-electron chi connectivity index (χ0n) is 17.5. The maximum atomic E-state index is 12.6. The van der Waals surface area contributed by atoms with Gasteiger partial charge in [-0.15, -0.1) is 11.3 Å². The maximum Gasteiger partial charge on any atom is 0.257 e. The van der Waals surface area contributed by atoms with E-state index in [2.05, 4.69) is 15.0 Å². The van der Waals surface area contributed by atoms with Gasteiger partial charge in [-0.1, -0.05) is 12.1 Å². The van der Waals surface area contributed by atoms with Crippen molar-refractivity contribution in [2.45, 2.75) is 20.0 Å². The summed E-state index contributed by atoms with van der Waals surface area (Å²) < 4.78 is 36.0. The van der Waals surface area contributed by atoms with E-state index in [4.69, 9.17) is 9.47 Å². The molecular weight excluding hydrogens is 438 g/mol. The van der Waals surface area contributed by atoms with Gasteiger partial charge in [-0.05, 0) is 44.2 Å². The zero-order chi connectivity index (χ0) is 22.6. The minimum atomic E-state index is -3.33. The number of methoxy groups -OCH3 is 1. The smallest absolute Gasteiger partial charge is 0.257 e. The van der Waals surface area contributed by atoms with Crippen LogP contribution in [0.1, 0.15) is 24.2 Å². The van der Waals surface area contributed by atoms with E-state index in [9.17, 15) is 13.2 Å². The SMILES string of the molecule is COc1cc(C(=O)Nc2nc(-c3ccc(NS(C)(=O)=O)cc3)cs2)ccc1OC(C)C. The van der Waals surface area contributed by atoms with E-state index in [1.165, 1.54) is 18.4 Å². The molecule has 1 aromatic heterocycles. The highest BCUT2D eigenvalue weighted by Gasteiger charge is 2.14. The molecule has 3 rings (SSSR count). The summed E-state index contributed by atoms with van der Waals surface area (Å²) in [6.45, 7) is 3.83. The lowest BCUT2D eigenvalue weighted by molar-refractivity contribution is 0.102. The van der Waals surface area contributed by atoms with Crippen molar-refractivity contribution < 1.29 is 22.7 Å². The van der Waals surface area contributed by atoms with Crippen molar-refractivity contribution in [2.75, 3.05) is 23.4 Å². The molecule has 0 unspecified atom stereocenters. The van der Waals surface area contributed by atoms with Crippen LogP contribution in [-0.2, 0) is 10.0 Å². The Kier molecular flexibility index (Phi) is 6.81. The topological polar surface area (TPSA) is 107 Å². The number of nitrogens with one attached hydrogen (secondary N) is 2. The Bertz CT molecular complexity index is 1170. The number of carbonyl (C=O) groups is 1. The predicted molar refractivity (Wildman–Crippen MR) is 123 cm³/mol. The molecule has 0 saturated carbocycles. The first kappa shape index (κ1) is 22.6. The Morgan fingerprint density at radius 2 is 1.81 bits per heavy atom. The lowest BCUT2D eigenvalue weighted by Gasteiger charge is -2.14. The average Bonchev–Trinajstić information content (AvgIpc) is 3.15. The highest BCUT2D eigenvalue weighted by Crippen LogP contribution is 2.30. The number of benzene rings is 2. The Hall–Kier alpha value is -3.11. The Morgan fingerprint density at radius 3 is 2.42 bits per heavy atom. The summed E-state index contributed by atoms with van der Waals surface area (Å²) in [6, 6.07) is 11.8. The summed E-state index contributed by atoms with van der Waals surface area (Å²) >= 11 is 1.29. The molecule has 31 heavy (non-hydrogen) atoms. The molecule has 8 nitrogen and oxygen atoms in total. The van der Waals surface area contributed by atoms with Crippen LogP contribution in [0.4, 0.5) is 10.8 Å². The molecular formula is C21H23N3O5S2. The first-order chi connectivity index (χ1) is 14.6. The zero-order valence-corrected chi connectivity index (χ0v) is 19.1. The third kappa shape index (κ3) is 6.19. The molecule has 164 valence electrons.